The lowest BCUT2D eigenvalue weighted by atomic mass is 9.72. The quantitative estimate of drug-likeness (QED) is 0.0206. The first kappa shape index (κ1) is 113. The average molecular weight is 1730 g/mol. The molecule has 5 rings (SSSR count). The van der Waals surface area contributed by atoms with Gasteiger partial charge in [-0.25, -0.2) is 0 Å². The molecule has 5 aromatic carbocycles. The minimum absolute atomic E-state index is 0.0471. The summed E-state index contributed by atoms with van der Waals surface area (Å²) in [4.78, 5) is 84.3. The summed E-state index contributed by atoms with van der Waals surface area (Å²) in [5.41, 5.74) is -0.394. The second-order valence-corrected chi connectivity index (χ2v) is 33.0. The van der Waals surface area contributed by atoms with Crippen LogP contribution in [-0.4, -0.2) is 105 Å². The van der Waals surface area contributed by atoms with Crippen molar-refractivity contribution in [3.63, 3.8) is 0 Å². The summed E-state index contributed by atoms with van der Waals surface area (Å²) in [6.07, 6.45) is -23.4. The second-order valence-electron chi connectivity index (χ2n) is 33.0. The van der Waals surface area contributed by atoms with Crippen LogP contribution in [0.5, 0.6) is 0 Å². The minimum Gasteiger partial charge on any atom is -0.466 e. The van der Waals surface area contributed by atoms with Crippen LogP contribution in [0.15, 0.2) is 152 Å². The Kier molecular flexibility index (Phi) is 49.8. The Morgan fingerprint density at radius 3 is 0.769 bits per heavy atom. The zero-order chi connectivity index (χ0) is 93.0. The summed E-state index contributed by atoms with van der Waals surface area (Å²) in [5.74, 6) is -3.29. The number of rotatable bonds is 38. The molecule has 684 valence electrons. The van der Waals surface area contributed by atoms with Crippen LogP contribution in [0.1, 0.15) is 294 Å². The number of halogens is 12. The van der Waals surface area contributed by atoms with Gasteiger partial charge in [0.15, 0.2) is 0 Å². The van der Waals surface area contributed by atoms with Crippen molar-refractivity contribution in [2.75, 3.05) is 26.4 Å². The third-order valence-electron chi connectivity index (χ3n) is 21.7. The van der Waals surface area contributed by atoms with Crippen LogP contribution in [0, 0.1) is 38.4 Å². The molecule has 0 fully saturated rings. The van der Waals surface area contributed by atoms with Crippen LogP contribution in [0.2, 0.25) is 0 Å². The molecule has 0 aliphatic rings. The van der Waals surface area contributed by atoms with Crippen LogP contribution in [-0.2, 0) is 73.3 Å². The van der Waals surface area contributed by atoms with Gasteiger partial charge in [-0.1, -0.05) is 249 Å². The van der Waals surface area contributed by atoms with Gasteiger partial charge in [0.05, 0.1) is 64.8 Å². The van der Waals surface area contributed by atoms with Crippen LogP contribution < -0.4 is 0 Å². The van der Waals surface area contributed by atoms with E-state index in [1.54, 1.807) is 67.6 Å². The molecule has 0 aromatic heterocycles. The average Bonchev–Trinajstić information content (AvgIpc) is 0.802. The van der Waals surface area contributed by atoms with Crippen molar-refractivity contribution in [2.45, 2.75) is 309 Å². The fourth-order valence-electron chi connectivity index (χ4n) is 12.8. The maximum Gasteiger partial charge on any atom is 0.434 e. The lowest BCUT2D eigenvalue weighted by Crippen LogP contribution is -2.48. The van der Waals surface area contributed by atoms with E-state index in [9.17, 15) is 86.2 Å². The maximum atomic E-state index is 12.7. The Balaban J connectivity index is 0.00000146. The fourth-order valence-corrected chi connectivity index (χ4v) is 12.8. The Labute approximate surface area is 711 Å². The smallest absolute Gasteiger partial charge is 0.434 e. The highest BCUT2D eigenvalue weighted by molar-refractivity contribution is 5.81. The molecule has 0 spiro atoms. The molecule has 0 bridgehead atoms. The van der Waals surface area contributed by atoms with Gasteiger partial charge in [-0.3, -0.25) is 33.6 Å². The Morgan fingerprint density at radius 2 is 0.545 bits per heavy atom. The molecule has 0 heterocycles. The van der Waals surface area contributed by atoms with Crippen molar-refractivity contribution >= 4 is 41.8 Å². The normalized spacial score (nSPS) is 15.4. The molecule has 10 atom stereocenters. The van der Waals surface area contributed by atoms with Gasteiger partial charge in [0, 0.05) is 0 Å². The van der Waals surface area contributed by atoms with E-state index in [0.29, 0.717) is 49.7 Å². The van der Waals surface area contributed by atoms with E-state index >= 15 is 0 Å². The van der Waals surface area contributed by atoms with Gasteiger partial charge < -0.3 is 33.2 Å². The van der Waals surface area contributed by atoms with Crippen LogP contribution in [0.4, 0.5) is 52.7 Å². The van der Waals surface area contributed by atoms with Gasteiger partial charge in [-0.15, -0.1) is 0 Å². The summed E-state index contributed by atoms with van der Waals surface area (Å²) < 4.78 is 186. The third-order valence-corrected chi connectivity index (χ3v) is 21.7. The number of hydrogen-bond acceptors (Lipinski definition) is 14. The summed E-state index contributed by atoms with van der Waals surface area (Å²) in [6.45, 7) is 42.4. The van der Waals surface area contributed by atoms with Crippen molar-refractivity contribution in [3.8, 4) is 0 Å². The largest absolute Gasteiger partial charge is 0.466 e. The van der Waals surface area contributed by atoms with Crippen LogP contribution in [0.3, 0.4) is 0 Å². The van der Waals surface area contributed by atoms with E-state index in [0.717, 1.165) is 76.7 Å². The number of alkyl halides is 12. The first-order chi connectivity index (χ1) is 56.1. The lowest BCUT2D eigenvalue weighted by molar-refractivity contribution is -0.316. The molecule has 121 heavy (non-hydrogen) atoms. The van der Waals surface area contributed by atoms with Crippen LogP contribution >= 0.6 is 0 Å². The number of carbonyl (C=O) groups is 7. The van der Waals surface area contributed by atoms with Crippen molar-refractivity contribution in [1.29, 1.82) is 0 Å². The number of benzene rings is 5. The minimum atomic E-state index is -5.81. The first-order valence-corrected chi connectivity index (χ1v) is 41.9. The Bertz CT molecular complexity index is 3540. The van der Waals surface area contributed by atoms with E-state index in [-0.39, 0.29) is 84.2 Å². The standard InChI is InChI=1S/C20H24F6O4.C17H20F6O2.3C17H26O2.C7H14O2/c1-5-18(4,16(28)30-14(19(21,22)23)20(24,25)26)12-17(2,3)15(27)29-11-13-9-7-6-8-10-13;1-4-15(3,10-11(2)12-8-6-5-7-9-12)14(24)25-13(16(18,19)20)17(21,22)23;3*1-5-12-19-16(18)17(4,6-2)13-14(3)15-10-8-7-9-11-15;1-4-6(3)7(8)9-5-2/h6-10,14H,5,11-12H2,1-4H3;5-9,11,13H,4,10H2,1-3H3;3*7-11,14H,5-6,12-13H2,1-4H3;6H,4-5H2,1-3H3. The van der Waals surface area contributed by atoms with Gasteiger partial charge >= 0.3 is 66.5 Å². The third kappa shape index (κ3) is 40.2. The van der Waals surface area contributed by atoms with Crippen molar-refractivity contribution in [3.05, 3.63) is 179 Å². The number of hydrogen-bond donors (Lipinski definition) is 0. The molecular weight excluding hydrogens is 1590 g/mol. The first-order valence-electron chi connectivity index (χ1n) is 41.9. The van der Waals surface area contributed by atoms with E-state index < -0.39 is 71.1 Å². The van der Waals surface area contributed by atoms with Gasteiger partial charge in [0.25, 0.3) is 12.2 Å². The highest BCUT2D eigenvalue weighted by Gasteiger charge is 2.62. The van der Waals surface area contributed by atoms with E-state index in [4.69, 9.17) is 23.7 Å². The molecular formula is C95H136F12O14. The molecule has 5 aromatic rings. The topological polar surface area (TPSA) is 184 Å². The van der Waals surface area contributed by atoms with Crippen molar-refractivity contribution < 1.29 is 119 Å². The lowest BCUT2D eigenvalue weighted by Gasteiger charge is -2.35. The van der Waals surface area contributed by atoms with Gasteiger partial charge in [-0.2, -0.15) is 52.7 Å². The van der Waals surface area contributed by atoms with Gasteiger partial charge in [-0.05, 0) is 197 Å². The molecule has 26 heteroatoms. The molecule has 10 unspecified atom stereocenters. The zero-order valence-corrected chi connectivity index (χ0v) is 75.2. The SMILES string of the molecule is CCC(C)(CC(C)(C)C(=O)OCc1ccccc1)C(=O)OC(C(F)(F)F)C(F)(F)F.CCC(C)(CC(C)c1ccccc1)C(=O)OC(C(F)(F)F)C(F)(F)F.CCCOC(=O)C(C)(CC)CC(C)c1ccccc1.CCCOC(=O)C(C)(CC)CC(C)c1ccccc1.CCCOC(=O)C(C)(CC)CC(C)c1ccccc1.CCOC(=O)C(C)CC. The second kappa shape index (κ2) is 53.6. The van der Waals surface area contributed by atoms with Gasteiger partial charge in [0.2, 0.25) is 0 Å². The summed E-state index contributed by atoms with van der Waals surface area (Å²) in [6, 6.07) is 48.6. The number of ether oxygens (including phenoxy) is 7. The van der Waals surface area contributed by atoms with Crippen LogP contribution in [0.25, 0.3) is 0 Å². The molecule has 0 saturated carbocycles. The monoisotopic (exact) mass is 1730 g/mol. The number of esters is 7. The van der Waals surface area contributed by atoms with E-state index in [2.05, 4.69) is 87.4 Å². The predicted octanol–water partition coefficient (Wildman–Crippen LogP) is 26.5. The zero-order valence-electron chi connectivity index (χ0n) is 75.2. The molecule has 0 aliphatic carbocycles. The fraction of sp³-hybridized carbons (Fsp3) is 0.611. The molecule has 0 amide bonds. The highest BCUT2D eigenvalue weighted by Crippen LogP contribution is 2.45. The molecule has 0 N–H and O–H groups in total. The maximum absolute atomic E-state index is 12.7. The highest BCUT2D eigenvalue weighted by atomic mass is 19.4. The Hall–Kier alpha value is -8.45. The molecule has 0 saturated heterocycles. The Morgan fingerprint density at radius 1 is 0.306 bits per heavy atom. The van der Waals surface area contributed by atoms with Crippen molar-refractivity contribution in [2.24, 2.45) is 38.4 Å². The van der Waals surface area contributed by atoms with Gasteiger partial charge in [0.1, 0.15) is 6.61 Å². The van der Waals surface area contributed by atoms with E-state index in [1.807, 2.05) is 117 Å². The van der Waals surface area contributed by atoms with E-state index in [1.165, 1.54) is 51.3 Å². The number of carbonyl (C=O) groups excluding carboxylic acids is 7. The summed E-state index contributed by atoms with van der Waals surface area (Å²) >= 11 is 0. The van der Waals surface area contributed by atoms with Crippen molar-refractivity contribution in [1.82, 2.24) is 0 Å². The predicted molar refractivity (Wildman–Crippen MR) is 448 cm³/mol. The summed E-state index contributed by atoms with van der Waals surface area (Å²) in [5, 5.41) is 0. The molecule has 0 radical (unpaired) electrons. The molecule has 14 nitrogen and oxygen atoms in total. The molecule has 0 aliphatic heterocycles. The summed E-state index contributed by atoms with van der Waals surface area (Å²) in [7, 11) is 0.